The first-order valence-corrected chi connectivity index (χ1v) is 6.30. The molecule has 0 aliphatic carbocycles. The maximum absolute atomic E-state index is 12.1. The van der Waals surface area contributed by atoms with E-state index in [1.54, 1.807) is 28.0 Å². The number of aromatic nitrogens is 4. The van der Waals surface area contributed by atoms with Crippen LogP contribution in [-0.2, 0) is 7.05 Å². The topological polar surface area (TPSA) is 44.9 Å². The molecule has 0 bridgehead atoms. The number of hydrogen-bond acceptors (Lipinski definition) is 3. The first-order valence-electron chi connectivity index (χ1n) is 6.30. The van der Waals surface area contributed by atoms with Gasteiger partial charge in [0, 0.05) is 30.6 Å². The molecule has 0 aliphatic rings. The molecule has 22 heavy (non-hydrogen) atoms. The van der Waals surface area contributed by atoms with E-state index in [4.69, 9.17) is 0 Å². The summed E-state index contributed by atoms with van der Waals surface area (Å²) in [7, 11) is 1.81. The number of ether oxygens (including phenoxy) is 1. The maximum atomic E-state index is 12.1. The Kier molecular flexibility index (Phi) is 3.36. The third-order valence-corrected chi connectivity index (χ3v) is 2.96. The quantitative estimate of drug-likeness (QED) is 0.746. The van der Waals surface area contributed by atoms with Gasteiger partial charge in [-0.3, -0.25) is 4.68 Å². The summed E-state index contributed by atoms with van der Waals surface area (Å²) in [6.07, 6.45) is 2.30. The molecule has 3 aromatic rings. The molecule has 0 saturated heterocycles. The third kappa shape index (κ3) is 3.11. The summed E-state index contributed by atoms with van der Waals surface area (Å²) in [5, 5.41) is 8.27. The molecule has 0 saturated carbocycles. The molecule has 2 aromatic heterocycles. The van der Waals surface area contributed by atoms with Crippen LogP contribution >= 0.6 is 0 Å². The van der Waals surface area contributed by atoms with Gasteiger partial charge in [-0.1, -0.05) is 0 Å². The number of benzene rings is 1. The summed E-state index contributed by atoms with van der Waals surface area (Å²) in [5.74, 6) is -0.268. The fourth-order valence-electron chi connectivity index (χ4n) is 1.98. The summed E-state index contributed by atoms with van der Waals surface area (Å²) < 4.78 is 43.4. The predicted molar refractivity (Wildman–Crippen MR) is 72.4 cm³/mol. The first kappa shape index (κ1) is 14.2. The lowest BCUT2D eigenvalue weighted by atomic mass is 10.2. The van der Waals surface area contributed by atoms with Crippen LogP contribution in [0.1, 0.15) is 0 Å². The van der Waals surface area contributed by atoms with Crippen LogP contribution in [-0.4, -0.2) is 25.9 Å². The average Bonchev–Trinajstić information content (AvgIpc) is 3.06. The Hall–Kier alpha value is -2.77. The average molecular weight is 308 g/mol. The fourth-order valence-corrected chi connectivity index (χ4v) is 1.98. The fraction of sp³-hybridized carbons (Fsp3) is 0.143. The minimum atomic E-state index is -4.69. The minimum Gasteiger partial charge on any atom is -0.406 e. The van der Waals surface area contributed by atoms with Crippen molar-refractivity contribution >= 4 is 0 Å². The van der Waals surface area contributed by atoms with Gasteiger partial charge in [-0.25, -0.2) is 4.68 Å². The second-order valence-corrected chi connectivity index (χ2v) is 4.62. The molecule has 2 heterocycles. The molecule has 0 spiro atoms. The largest absolute Gasteiger partial charge is 0.573 e. The smallest absolute Gasteiger partial charge is 0.406 e. The van der Waals surface area contributed by atoms with E-state index >= 15 is 0 Å². The number of alkyl halides is 3. The molecule has 1 aromatic carbocycles. The lowest BCUT2D eigenvalue weighted by Crippen LogP contribution is -2.17. The molecule has 114 valence electrons. The van der Waals surface area contributed by atoms with Crippen LogP contribution in [0, 0.1) is 0 Å². The zero-order valence-corrected chi connectivity index (χ0v) is 11.4. The molecule has 0 unspecified atom stereocenters. The Morgan fingerprint density at radius 1 is 0.955 bits per heavy atom. The van der Waals surface area contributed by atoms with Gasteiger partial charge >= 0.3 is 6.36 Å². The van der Waals surface area contributed by atoms with Gasteiger partial charge in [0.15, 0.2) is 0 Å². The van der Waals surface area contributed by atoms with Gasteiger partial charge < -0.3 is 4.74 Å². The monoisotopic (exact) mass is 308 g/mol. The Bertz CT molecular complexity index is 774. The number of rotatable bonds is 3. The van der Waals surface area contributed by atoms with Crippen molar-refractivity contribution in [3.8, 4) is 22.6 Å². The molecule has 3 rings (SSSR count). The number of halogens is 3. The van der Waals surface area contributed by atoms with Gasteiger partial charge in [0.1, 0.15) is 5.75 Å². The molecule has 0 atom stereocenters. The van der Waals surface area contributed by atoms with E-state index < -0.39 is 6.36 Å². The van der Waals surface area contributed by atoms with E-state index in [0.29, 0.717) is 5.69 Å². The van der Waals surface area contributed by atoms with Crippen molar-refractivity contribution in [1.82, 2.24) is 19.6 Å². The van der Waals surface area contributed by atoms with Gasteiger partial charge in [-0.2, -0.15) is 10.2 Å². The van der Waals surface area contributed by atoms with Gasteiger partial charge in [-0.15, -0.1) is 13.2 Å². The van der Waals surface area contributed by atoms with Crippen molar-refractivity contribution in [2.75, 3.05) is 0 Å². The number of nitrogens with zero attached hydrogens (tertiary/aromatic N) is 4. The number of hydrogen-bond donors (Lipinski definition) is 0. The van der Waals surface area contributed by atoms with Gasteiger partial charge in [0.05, 0.1) is 18.1 Å². The summed E-state index contributed by atoms with van der Waals surface area (Å²) in [6, 6.07) is 5.49. The van der Waals surface area contributed by atoms with E-state index in [-0.39, 0.29) is 5.75 Å². The van der Waals surface area contributed by atoms with E-state index in [1.807, 2.05) is 13.2 Å². The summed E-state index contributed by atoms with van der Waals surface area (Å²) >= 11 is 0. The van der Waals surface area contributed by atoms with E-state index in [9.17, 15) is 13.2 Å². The van der Waals surface area contributed by atoms with Crippen molar-refractivity contribution in [2.45, 2.75) is 6.36 Å². The van der Waals surface area contributed by atoms with Crippen molar-refractivity contribution in [3.63, 3.8) is 0 Å². The Morgan fingerprint density at radius 2 is 1.59 bits per heavy atom. The second kappa shape index (κ2) is 5.21. The molecular formula is C14H11F3N4O. The Morgan fingerprint density at radius 3 is 2.18 bits per heavy atom. The van der Waals surface area contributed by atoms with Crippen molar-refractivity contribution < 1.29 is 17.9 Å². The highest BCUT2D eigenvalue weighted by Gasteiger charge is 2.30. The van der Waals surface area contributed by atoms with Crippen LogP contribution in [0.4, 0.5) is 13.2 Å². The zero-order chi connectivity index (χ0) is 15.7. The highest BCUT2D eigenvalue weighted by molar-refractivity contribution is 5.60. The highest BCUT2D eigenvalue weighted by atomic mass is 19.4. The maximum Gasteiger partial charge on any atom is 0.573 e. The summed E-state index contributed by atoms with van der Waals surface area (Å²) in [4.78, 5) is 0. The second-order valence-electron chi connectivity index (χ2n) is 4.62. The van der Waals surface area contributed by atoms with Crippen LogP contribution in [0.3, 0.4) is 0 Å². The summed E-state index contributed by atoms with van der Waals surface area (Å²) in [6.45, 7) is 0. The van der Waals surface area contributed by atoms with Crippen LogP contribution in [0.25, 0.3) is 16.8 Å². The van der Waals surface area contributed by atoms with E-state index in [2.05, 4.69) is 14.9 Å². The minimum absolute atomic E-state index is 0.268. The first-order chi connectivity index (χ1) is 10.4. The highest BCUT2D eigenvalue weighted by Crippen LogP contribution is 2.24. The molecule has 0 aliphatic heterocycles. The molecular weight excluding hydrogens is 297 g/mol. The molecule has 0 amide bonds. The molecule has 0 N–H and O–H groups in total. The van der Waals surface area contributed by atoms with E-state index in [1.165, 1.54) is 24.3 Å². The standard InChI is InChI=1S/C14H11F3N4O/c1-20-8-10(6-18-20)11-7-19-21(9-11)12-2-4-13(5-3-12)22-14(15,16)17/h2-9H,1H3. The predicted octanol–water partition coefficient (Wildman–Crippen LogP) is 3.17. The van der Waals surface area contributed by atoms with Crippen LogP contribution in [0.5, 0.6) is 5.75 Å². The third-order valence-electron chi connectivity index (χ3n) is 2.96. The lowest BCUT2D eigenvalue weighted by molar-refractivity contribution is -0.274. The van der Waals surface area contributed by atoms with Crippen molar-refractivity contribution in [3.05, 3.63) is 49.1 Å². The SMILES string of the molecule is Cn1cc(-c2cnn(-c3ccc(OC(F)(F)F)cc3)c2)cn1. The Labute approximate surface area is 123 Å². The lowest BCUT2D eigenvalue weighted by Gasteiger charge is -2.09. The van der Waals surface area contributed by atoms with Crippen molar-refractivity contribution in [1.29, 1.82) is 0 Å². The zero-order valence-electron chi connectivity index (χ0n) is 11.4. The molecule has 8 heteroatoms. The normalized spacial score (nSPS) is 11.6. The van der Waals surface area contributed by atoms with E-state index in [0.717, 1.165) is 11.1 Å². The summed E-state index contributed by atoms with van der Waals surface area (Å²) in [5.41, 5.74) is 2.40. The van der Waals surface area contributed by atoms with Gasteiger partial charge in [0.25, 0.3) is 0 Å². The van der Waals surface area contributed by atoms with Gasteiger partial charge in [-0.05, 0) is 24.3 Å². The number of aryl methyl sites for hydroxylation is 1. The Balaban J connectivity index is 1.81. The van der Waals surface area contributed by atoms with Crippen LogP contribution in [0.15, 0.2) is 49.1 Å². The van der Waals surface area contributed by atoms with Crippen LogP contribution < -0.4 is 4.74 Å². The van der Waals surface area contributed by atoms with Crippen molar-refractivity contribution in [2.24, 2.45) is 7.05 Å². The molecule has 5 nitrogen and oxygen atoms in total. The van der Waals surface area contributed by atoms with Crippen LogP contribution in [0.2, 0.25) is 0 Å². The molecule has 0 fully saturated rings. The molecule has 0 radical (unpaired) electrons. The van der Waals surface area contributed by atoms with Gasteiger partial charge in [0.2, 0.25) is 0 Å².